The molecule has 0 saturated heterocycles. The normalized spacial score (nSPS) is 10.6. The summed E-state index contributed by atoms with van der Waals surface area (Å²) >= 11 is 0. The highest BCUT2D eigenvalue weighted by molar-refractivity contribution is 5.80. The summed E-state index contributed by atoms with van der Waals surface area (Å²) in [5.41, 5.74) is 1.04. The van der Waals surface area contributed by atoms with Gasteiger partial charge in [0.05, 0.1) is 6.54 Å². The molecule has 0 saturated carbocycles. The molecule has 1 amide bonds. The summed E-state index contributed by atoms with van der Waals surface area (Å²) in [6.07, 6.45) is 3.59. The predicted octanol–water partition coefficient (Wildman–Crippen LogP) is 0.547. The number of carbonyl (C=O) groups excluding carboxylic acids is 1. The van der Waals surface area contributed by atoms with Crippen molar-refractivity contribution in [3.63, 3.8) is 0 Å². The Kier molecular flexibility index (Phi) is 6.21. The number of hydrogen-bond donors (Lipinski definition) is 2. The van der Waals surface area contributed by atoms with Crippen molar-refractivity contribution in [1.82, 2.24) is 20.6 Å². The number of aromatic nitrogens is 2. The van der Waals surface area contributed by atoms with Gasteiger partial charge in [0.25, 0.3) is 0 Å². The van der Waals surface area contributed by atoms with Crippen molar-refractivity contribution in [2.24, 2.45) is 0 Å². The molecule has 6 heteroatoms. The first kappa shape index (κ1) is 15.4. The minimum Gasteiger partial charge on any atom is -0.358 e. The van der Waals surface area contributed by atoms with E-state index in [1.165, 1.54) is 0 Å². The quantitative estimate of drug-likeness (QED) is 0.753. The molecule has 0 aliphatic rings. The van der Waals surface area contributed by atoms with Gasteiger partial charge in [-0.1, -0.05) is 13.8 Å². The van der Waals surface area contributed by atoms with Crippen LogP contribution < -0.4 is 15.5 Å². The molecule has 0 spiro atoms. The summed E-state index contributed by atoms with van der Waals surface area (Å²) in [5, 5.41) is 5.91. The Balaban J connectivity index is 2.65. The number of nitrogens with one attached hydrogen (secondary N) is 2. The predicted molar refractivity (Wildman–Crippen MR) is 76.0 cm³/mol. The van der Waals surface area contributed by atoms with Crippen LogP contribution in [0.15, 0.2) is 12.4 Å². The van der Waals surface area contributed by atoms with E-state index in [4.69, 9.17) is 0 Å². The number of nitrogens with zero attached hydrogens (tertiary/aromatic N) is 3. The first-order chi connectivity index (χ1) is 9.06. The molecule has 0 radical (unpaired) electrons. The maximum Gasteiger partial charge on any atom is 0.239 e. The van der Waals surface area contributed by atoms with E-state index >= 15 is 0 Å². The maximum atomic E-state index is 11.4. The van der Waals surface area contributed by atoms with Crippen molar-refractivity contribution in [2.45, 2.75) is 33.4 Å². The average molecular weight is 265 g/mol. The maximum absolute atomic E-state index is 11.4. The first-order valence-corrected chi connectivity index (χ1v) is 6.56. The Bertz CT molecular complexity index is 391. The molecular formula is C13H23N5O. The molecular weight excluding hydrogens is 242 g/mol. The lowest BCUT2D eigenvalue weighted by Crippen LogP contribution is -2.36. The van der Waals surface area contributed by atoms with Crippen molar-refractivity contribution < 1.29 is 4.79 Å². The van der Waals surface area contributed by atoms with Crippen molar-refractivity contribution in [3.8, 4) is 0 Å². The first-order valence-electron chi connectivity index (χ1n) is 6.56. The second-order valence-electron chi connectivity index (χ2n) is 4.61. The van der Waals surface area contributed by atoms with Gasteiger partial charge in [0, 0.05) is 44.1 Å². The fourth-order valence-corrected chi connectivity index (χ4v) is 1.50. The highest BCUT2D eigenvalue weighted by Crippen LogP contribution is 2.06. The van der Waals surface area contributed by atoms with E-state index in [0.29, 0.717) is 18.5 Å². The zero-order valence-electron chi connectivity index (χ0n) is 12.1. The van der Waals surface area contributed by atoms with Crippen LogP contribution in [0.5, 0.6) is 0 Å². The summed E-state index contributed by atoms with van der Waals surface area (Å²) in [6.45, 7) is 7.88. The highest BCUT2D eigenvalue weighted by atomic mass is 16.1. The van der Waals surface area contributed by atoms with Crippen LogP contribution in [0.2, 0.25) is 0 Å². The van der Waals surface area contributed by atoms with Crippen molar-refractivity contribution in [3.05, 3.63) is 18.0 Å². The molecule has 1 heterocycles. The van der Waals surface area contributed by atoms with E-state index in [9.17, 15) is 4.79 Å². The van der Waals surface area contributed by atoms with Crippen molar-refractivity contribution in [2.75, 3.05) is 25.0 Å². The Hall–Kier alpha value is -1.69. The van der Waals surface area contributed by atoms with Crippen LogP contribution >= 0.6 is 0 Å². The van der Waals surface area contributed by atoms with Crippen LogP contribution in [-0.2, 0) is 11.3 Å². The molecule has 0 bridgehead atoms. The van der Waals surface area contributed by atoms with Gasteiger partial charge in [-0.15, -0.1) is 0 Å². The fourth-order valence-electron chi connectivity index (χ4n) is 1.50. The van der Waals surface area contributed by atoms with Gasteiger partial charge in [-0.3, -0.25) is 4.79 Å². The number of carbonyl (C=O) groups is 1. The molecule has 106 valence electrons. The summed E-state index contributed by atoms with van der Waals surface area (Å²) in [5.74, 6) is 0.537. The molecule has 1 rings (SSSR count). The molecule has 0 fully saturated rings. The topological polar surface area (TPSA) is 70.2 Å². The van der Waals surface area contributed by atoms with Crippen LogP contribution in [0.3, 0.4) is 0 Å². The van der Waals surface area contributed by atoms with Crippen molar-refractivity contribution >= 4 is 11.9 Å². The second kappa shape index (κ2) is 7.68. The van der Waals surface area contributed by atoms with Crippen LogP contribution in [-0.4, -0.2) is 42.1 Å². The fraction of sp³-hybridized carbons (Fsp3) is 0.615. The summed E-state index contributed by atoms with van der Waals surface area (Å²) in [4.78, 5) is 21.8. The zero-order chi connectivity index (χ0) is 14.3. The van der Waals surface area contributed by atoms with E-state index in [1.807, 2.05) is 11.8 Å². The van der Waals surface area contributed by atoms with E-state index in [0.717, 1.165) is 12.1 Å². The number of rotatable bonds is 7. The Morgan fingerprint density at radius 2 is 2.00 bits per heavy atom. The van der Waals surface area contributed by atoms with Gasteiger partial charge in [0.2, 0.25) is 11.9 Å². The largest absolute Gasteiger partial charge is 0.358 e. The lowest BCUT2D eigenvalue weighted by molar-refractivity contribution is -0.119. The van der Waals surface area contributed by atoms with Gasteiger partial charge in [0.15, 0.2) is 0 Å². The SMILES string of the molecule is CCN(CC(=O)NC)c1ncc(CNC(C)C)cn1. The van der Waals surface area contributed by atoms with E-state index in [-0.39, 0.29) is 12.5 Å². The van der Waals surface area contributed by atoms with Gasteiger partial charge in [-0.2, -0.15) is 0 Å². The summed E-state index contributed by atoms with van der Waals surface area (Å²) in [6, 6.07) is 0.431. The smallest absolute Gasteiger partial charge is 0.239 e. The molecule has 2 N–H and O–H groups in total. The monoisotopic (exact) mass is 265 g/mol. The third kappa shape index (κ3) is 5.21. The van der Waals surface area contributed by atoms with E-state index in [1.54, 1.807) is 19.4 Å². The average Bonchev–Trinajstić information content (AvgIpc) is 2.42. The molecule has 0 atom stereocenters. The highest BCUT2D eigenvalue weighted by Gasteiger charge is 2.11. The molecule has 0 aromatic carbocycles. The number of hydrogen-bond acceptors (Lipinski definition) is 5. The number of likely N-dealkylation sites (N-methyl/N-ethyl adjacent to an activating group) is 2. The van der Waals surface area contributed by atoms with Crippen molar-refractivity contribution in [1.29, 1.82) is 0 Å². The number of amides is 1. The Morgan fingerprint density at radius 1 is 1.37 bits per heavy atom. The molecule has 6 nitrogen and oxygen atoms in total. The zero-order valence-corrected chi connectivity index (χ0v) is 12.1. The third-order valence-electron chi connectivity index (χ3n) is 2.68. The lowest BCUT2D eigenvalue weighted by Gasteiger charge is -2.19. The minimum atomic E-state index is -0.0454. The molecule has 0 aliphatic carbocycles. The van der Waals surface area contributed by atoms with Gasteiger partial charge in [-0.05, 0) is 6.92 Å². The second-order valence-corrected chi connectivity index (χ2v) is 4.61. The number of anilines is 1. The standard InChI is InChI=1S/C13H23N5O/c1-5-18(9-12(19)14-4)13-16-7-11(8-17-13)6-15-10(2)3/h7-8,10,15H,5-6,9H2,1-4H3,(H,14,19). The van der Waals surface area contributed by atoms with Crippen LogP contribution in [0.4, 0.5) is 5.95 Å². The van der Waals surface area contributed by atoms with Gasteiger partial charge in [0.1, 0.15) is 0 Å². The van der Waals surface area contributed by atoms with Gasteiger partial charge >= 0.3 is 0 Å². The van der Waals surface area contributed by atoms with Gasteiger partial charge < -0.3 is 15.5 Å². The molecule has 1 aromatic rings. The van der Waals surface area contributed by atoms with E-state index in [2.05, 4.69) is 34.4 Å². The van der Waals surface area contributed by atoms with Crippen LogP contribution in [0.1, 0.15) is 26.3 Å². The summed E-state index contributed by atoms with van der Waals surface area (Å²) in [7, 11) is 1.62. The molecule has 19 heavy (non-hydrogen) atoms. The van der Waals surface area contributed by atoms with Crippen LogP contribution in [0, 0.1) is 0 Å². The molecule has 1 aromatic heterocycles. The Morgan fingerprint density at radius 3 is 2.47 bits per heavy atom. The molecule has 0 aliphatic heterocycles. The third-order valence-corrected chi connectivity index (χ3v) is 2.68. The van der Waals surface area contributed by atoms with Crippen LogP contribution in [0.25, 0.3) is 0 Å². The van der Waals surface area contributed by atoms with Gasteiger partial charge in [-0.25, -0.2) is 9.97 Å². The molecule has 0 unspecified atom stereocenters. The Labute approximate surface area is 114 Å². The van der Waals surface area contributed by atoms with E-state index < -0.39 is 0 Å². The lowest BCUT2D eigenvalue weighted by atomic mass is 10.3. The summed E-state index contributed by atoms with van der Waals surface area (Å²) < 4.78 is 0. The minimum absolute atomic E-state index is 0.0454.